The van der Waals surface area contributed by atoms with Crippen molar-refractivity contribution in [1.82, 2.24) is 14.9 Å². The zero-order chi connectivity index (χ0) is 11.8. The van der Waals surface area contributed by atoms with Crippen molar-refractivity contribution in [2.24, 2.45) is 5.92 Å². The van der Waals surface area contributed by atoms with Gasteiger partial charge in [0.1, 0.15) is 5.82 Å². The number of rotatable bonds is 8. The van der Waals surface area contributed by atoms with E-state index in [-0.39, 0.29) is 0 Å². The van der Waals surface area contributed by atoms with Gasteiger partial charge < -0.3 is 9.88 Å². The monoisotopic (exact) mass is 223 g/mol. The number of hydrogen-bond donors (Lipinski definition) is 1. The minimum Gasteiger partial charge on any atom is -0.335 e. The van der Waals surface area contributed by atoms with Crippen LogP contribution in [-0.2, 0) is 13.0 Å². The molecule has 0 aliphatic carbocycles. The van der Waals surface area contributed by atoms with Crippen LogP contribution in [0.3, 0.4) is 0 Å². The Bertz CT molecular complexity index is 280. The second-order valence-corrected chi connectivity index (χ2v) is 4.49. The van der Waals surface area contributed by atoms with Gasteiger partial charge in [-0.2, -0.15) is 0 Å². The van der Waals surface area contributed by atoms with E-state index < -0.39 is 0 Å². The largest absolute Gasteiger partial charge is 0.335 e. The summed E-state index contributed by atoms with van der Waals surface area (Å²) in [6, 6.07) is 0. The first-order valence-corrected chi connectivity index (χ1v) is 6.48. The molecule has 1 aromatic heterocycles. The molecule has 16 heavy (non-hydrogen) atoms. The second kappa shape index (κ2) is 7.44. The minimum atomic E-state index is 0.706. The Morgan fingerprint density at radius 2 is 2.25 bits per heavy atom. The molecule has 0 aromatic carbocycles. The molecule has 3 nitrogen and oxygen atoms in total. The molecule has 92 valence electrons. The molecule has 1 rings (SSSR count). The normalized spacial score (nSPS) is 12.9. The summed E-state index contributed by atoms with van der Waals surface area (Å²) in [5.74, 6) is 1.95. The van der Waals surface area contributed by atoms with E-state index in [0.29, 0.717) is 5.92 Å². The van der Waals surface area contributed by atoms with Crippen LogP contribution in [0.5, 0.6) is 0 Å². The Balaban J connectivity index is 2.36. The van der Waals surface area contributed by atoms with E-state index in [1.165, 1.54) is 18.7 Å². The van der Waals surface area contributed by atoms with Crippen molar-refractivity contribution in [3.63, 3.8) is 0 Å². The van der Waals surface area contributed by atoms with Gasteiger partial charge in [-0.1, -0.05) is 20.8 Å². The van der Waals surface area contributed by atoms with Crippen LogP contribution >= 0.6 is 0 Å². The third kappa shape index (κ3) is 4.35. The number of nitrogens with one attached hydrogen (secondary N) is 1. The van der Waals surface area contributed by atoms with Crippen molar-refractivity contribution < 1.29 is 0 Å². The molecular weight excluding hydrogens is 198 g/mol. The van der Waals surface area contributed by atoms with Crippen molar-refractivity contribution in [2.75, 3.05) is 13.1 Å². The average molecular weight is 223 g/mol. The van der Waals surface area contributed by atoms with E-state index in [2.05, 4.69) is 41.8 Å². The van der Waals surface area contributed by atoms with E-state index in [9.17, 15) is 0 Å². The third-order valence-corrected chi connectivity index (χ3v) is 2.86. The predicted molar refractivity (Wildman–Crippen MR) is 68.5 cm³/mol. The number of aromatic nitrogens is 2. The van der Waals surface area contributed by atoms with Crippen molar-refractivity contribution in [3.8, 4) is 0 Å². The zero-order valence-corrected chi connectivity index (χ0v) is 10.9. The molecule has 0 saturated heterocycles. The van der Waals surface area contributed by atoms with E-state index in [1.54, 1.807) is 0 Å². The molecule has 0 fully saturated rings. The topological polar surface area (TPSA) is 29.9 Å². The highest BCUT2D eigenvalue weighted by molar-refractivity contribution is 4.93. The molecule has 1 N–H and O–H groups in total. The summed E-state index contributed by atoms with van der Waals surface area (Å²) in [4.78, 5) is 4.45. The molecule has 1 aromatic rings. The molecule has 1 atom stereocenters. The van der Waals surface area contributed by atoms with Crippen LogP contribution in [0, 0.1) is 5.92 Å². The van der Waals surface area contributed by atoms with Crippen LogP contribution < -0.4 is 5.32 Å². The zero-order valence-electron chi connectivity index (χ0n) is 10.9. The fourth-order valence-corrected chi connectivity index (χ4v) is 1.91. The van der Waals surface area contributed by atoms with E-state index in [1.807, 2.05) is 6.20 Å². The van der Waals surface area contributed by atoms with Crippen LogP contribution in [0.15, 0.2) is 12.4 Å². The highest BCUT2D eigenvalue weighted by Gasteiger charge is 2.07. The predicted octanol–water partition coefficient (Wildman–Crippen LogP) is 2.47. The van der Waals surface area contributed by atoms with E-state index in [4.69, 9.17) is 0 Å². The first-order valence-electron chi connectivity index (χ1n) is 6.48. The van der Waals surface area contributed by atoms with Crippen LogP contribution in [0.1, 0.15) is 39.4 Å². The maximum atomic E-state index is 4.45. The van der Waals surface area contributed by atoms with E-state index >= 15 is 0 Å². The maximum absolute atomic E-state index is 4.45. The Morgan fingerprint density at radius 3 is 2.94 bits per heavy atom. The lowest BCUT2D eigenvalue weighted by Gasteiger charge is -2.12. The summed E-state index contributed by atoms with van der Waals surface area (Å²) in [5, 5.41) is 3.37. The Labute approximate surface area is 99.3 Å². The molecule has 0 saturated carbocycles. The molecule has 0 spiro atoms. The van der Waals surface area contributed by atoms with Crippen molar-refractivity contribution in [2.45, 2.75) is 46.6 Å². The summed E-state index contributed by atoms with van der Waals surface area (Å²) < 4.78 is 2.28. The van der Waals surface area contributed by atoms with Gasteiger partial charge >= 0.3 is 0 Å². The van der Waals surface area contributed by atoms with Gasteiger partial charge in [-0.05, 0) is 31.8 Å². The molecule has 1 unspecified atom stereocenters. The SMILES string of the molecule is CCCn1ccnc1CC(C)CCNCC. The minimum absolute atomic E-state index is 0.706. The lowest BCUT2D eigenvalue weighted by molar-refractivity contribution is 0.480. The Morgan fingerprint density at radius 1 is 1.44 bits per heavy atom. The van der Waals surface area contributed by atoms with Crippen LogP contribution in [0.25, 0.3) is 0 Å². The first kappa shape index (κ1) is 13.2. The number of hydrogen-bond acceptors (Lipinski definition) is 2. The van der Waals surface area contributed by atoms with Crippen LogP contribution in [-0.4, -0.2) is 22.6 Å². The summed E-state index contributed by atoms with van der Waals surface area (Å²) in [6.45, 7) is 9.94. The Kier molecular flexibility index (Phi) is 6.16. The summed E-state index contributed by atoms with van der Waals surface area (Å²) >= 11 is 0. The van der Waals surface area contributed by atoms with Gasteiger partial charge in [0.25, 0.3) is 0 Å². The van der Waals surface area contributed by atoms with Crippen molar-refractivity contribution in [1.29, 1.82) is 0 Å². The van der Waals surface area contributed by atoms with Gasteiger partial charge in [-0.15, -0.1) is 0 Å². The van der Waals surface area contributed by atoms with Gasteiger partial charge in [-0.25, -0.2) is 4.98 Å². The molecule has 1 heterocycles. The average Bonchev–Trinajstić information content (AvgIpc) is 2.67. The number of imidazole rings is 1. The van der Waals surface area contributed by atoms with Gasteiger partial charge in [0.2, 0.25) is 0 Å². The van der Waals surface area contributed by atoms with Gasteiger partial charge in [0.15, 0.2) is 0 Å². The van der Waals surface area contributed by atoms with Crippen LogP contribution in [0.2, 0.25) is 0 Å². The molecule has 0 radical (unpaired) electrons. The molecule has 0 amide bonds. The molecule has 3 heteroatoms. The van der Waals surface area contributed by atoms with Crippen LogP contribution in [0.4, 0.5) is 0 Å². The highest BCUT2D eigenvalue weighted by Crippen LogP contribution is 2.10. The second-order valence-electron chi connectivity index (χ2n) is 4.49. The quantitative estimate of drug-likeness (QED) is 0.686. The standard InChI is InChI=1S/C13H25N3/c1-4-9-16-10-8-15-13(16)11-12(3)6-7-14-5-2/h8,10,12,14H,4-7,9,11H2,1-3H3. The van der Waals surface area contributed by atoms with Gasteiger partial charge in [0.05, 0.1) is 0 Å². The smallest absolute Gasteiger partial charge is 0.108 e. The van der Waals surface area contributed by atoms with Gasteiger partial charge in [0, 0.05) is 25.4 Å². The van der Waals surface area contributed by atoms with E-state index in [0.717, 1.165) is 26.1 Å². The summed E-state index contributed by atoms with van der Waals surface area (Å²) in [5.41, 5.74) is 0. The molecular formula is C13H25N3. The molecule has 0 bridgehead atoms. The van der Waals surface area contributed by atoms with Gasteiger partial charge in [-0.3, -0.25) is 0 Å². The lowest BCUT2D eigenvalue weighted by atomic mass is 10.0. The summed E-state index contributed by atoms with van der Waals surface area (Å²) in [6.07, 6.45) is 7.51. The number of nitrogens with zero attached hydrogens (tertiary/aromatic N) is 2. The maximum Gasteiger partial charge on any atom is 0.108 e. The third-order valence-electron chi connectivity index (χ3n) is 2.86. The lowest BCUT2D eigenvalue weighted by Crippen LogP contribution is -2.18. The Hall–Kier alpha value is -0.830. The first-order chi connectivity index (χ1) is 7.77. The fraction of sp³-hybridized carbons (Fsp3) is 0.769. The number of aryl methyl sites for hydroxylation is 1. The van der Waals surface area contributed by atoms with Crippen molar-refractivity contribution >= 4 is 0 Å². The summed E-state index contributed by atoms with van der Waals surface area (Å²) in [7, 11) is 0. The molecule has 0 aliphatic rings. The highest BCUT2D eigenvalue weighted by atomic mass is 15.1. The fourth-order valence-electron chi connectivity index (χ4n) is 1.91. The molecule has 0 aliphatic heterocycles. The van der Waals surface area contributed by atoms with Crippen molar-refractivity contribution in [3.05, 3.63) is 18.2 Å².